The molecule has 0 radical (unpaired) electrons. The Balaban J connectivity index is 1.74. The highest BCUT2D eigenvalue weighted by molar-refractivity contribution is 7.13. The molecule has 2 aromatic heterocycles. The van der Waals surface area contributed by atoms with E-state index in [2.05, 4.69) is 16.8 Å². The summed E-state index contributed by atoms with van der Waals surface area (Å²) in [5.74, 6) is 6.19. The second kappa shape index (κ2) is 7.03. The second-order valence-electron chi connectivity index (χ2n) is 7.26. The summed E-state index contributed by atoms with van der Waals surface area (Å²) >= 11 is 1.46. The Kier molecular flexibility index (Phi) is 5.11. The Hall–Kier alpha value is -1.88. The van der Waals surface area contributed by atoms with Gasteiger partial charge in [0.1, 0.15) is 5.73 Å². The molecule has 7 heteroatoms. The van der Waals surface area contributed by atoms with Crippen LogP contribution < -0.4 is 0 Å². The predicted molar refractivity (Wildman–Crippen MR) is 103 cm³/mol. The molecule has 0 spiro atoms. The molecule has 0 N–H and O–H groups in total. The number of thiophene rings is 1. The molecule has 0 aromatic carbocycles. The molecule has 4 nitrogen and oxygen atoms in total. The zero-order chi connectivity index (χ0) is 18.9. The average Bonchev–Trinajstić information content (AvgIpc) is 3.27. The van der Waals surface area contributed by atoms with Crippen LogP contribution in [0.15, 0.2) is 36.6 Å². The van der Waals surface area contributed by atoms with E-state index in [9.17, 15) is 4.39 Å². The van der Waals surface area contributed by atoms with E-state index < -0.39 is 18.3 Å². The Labute approximate surface area is 158 Å². The number of allylic oxidation sites excluding steroid dienone is 1. The molecule has 3 rings (SSSR count). The Morgan fingerprint density at radius 1 is 1.27 bits per heavy atom. The third-order valence-corrected chi connectivity index (χ3v) is 5.95. The van der Waals surface area contributed by atoms with Gasteiger partial charge in [0.15, 0.2) is 0 Å². The zero-order valence-electron chi connectivity index (χ0n) is 15.7. The van der Waals surface area contributed by atoms with Crippen molar-refractivity contribution in [1.29, 1.82) is 0 Å². The fraction of sp³-hybridized carbons (Fsp3) is 0.421. The lowest BCUT2D eigenvalue weighted by Crippen LogP contribution is -2.41. The van der Waals surface area contributed by atoms with E-state index >= 15 is 0 Å². The summed E-state index contributed by atoms with van der Waals surface area (Å²) in [6, 6.07) is 3.79. The minimum Gasteiger partial charge on any atom is -0.398 e. The molecule has 1 aliphatic heterocycles. The Morgan fingerprint density at radius 3 is 2.58 bits per heavy atom. The van der Waals surface area contributed by atoms with Crippen LogP contribution in [0, 0.1) is 11.8 Å². The molecule has 1 saturated heterocycles. The molecule has 0 aliphatic carbocycles. The summed E-state index contributed by atoms with van der Waals surface area (Å²) in [7, 11) is -0.974. The van der Waals surface area contributed by atoms with Gasteiger partial charge in [0, 0.05) is 17.3 Å². The van der Waals surface area contributed by atoms with Crippen LogP contribution in [0.2, 0.25) is 0 Å². The number of nitrogens with zero attached hydrogens (tertiary/aromatic N) is 2. The fourth-order valence-corrected chi connectivity index (χ4v) is 3.33. The monoisotopic (exact) mass is 372 g/mol. The minimum absolute atomic E-state index is 0.386. The van der Waals surface area contributed by atoms with Crippen molar-refractivity contribution in [2.75, 3.05) is 0 Å². The van der Waals surface area contributed by atoms with Gasteiger partial charge in [-0.1, -0.05) is 11.8 Å². The van der Waals surface area contributed by atoms with Gasteiger partial charge in [-0.2, -0.15) is 0 Å². The van der Waals surface area contributed by atoms with E-state index in [1.165, 1.54) is 11.3 Å². The van der Waals surface area contributed by atoms with Crippen molar-refractivity contribution in [2.45, 2.75) is 52.4 Å². The summed E-state index contributed by atoms with van der Waals surface area (Å²) in [4.78, 5) is 5.69. The number of imidazole rings is 1. The normalized spacial score (nSPS) is 19.1. The van der Waals surface area contributed by atoms with Gasteiger partial charge in [-0.25, -0.2) is 9.37 Å². The SMILES string of the molecule is CC(=C(F)B1OC(C)(C)C(C)(C)O1)c1ccc(C#CCn2ccnc2)s1. The maximum atomic E-state index is 14.9. The first-order chi connectivity index (χ1) is 12.2. The first kappa shape index (κ1) is 18.9. The molecule has 0 bridgehead atoms. The third kappa shape index (κ3) is 3.78. The van der Waals surface area contributed by atoms with Crippen molar-refractivity contribution in [3.05, 3.63) is 46.3 Å². The second-order valence-corrected chi connectivity index (χ2v) is 8.35. The van der Waals surface area contributed by atoms with E-state index in [1.54, 1.807) is 19.4 Å². The predicted octanol–water partition coefficient (Wildman–Crippen LogP) is 4.33. The number of halogens is 1. The van der Waals surface area contributed by atoms with Crippen molar-refractivity contribution < 1.29 is 13.7 Å². The summed E-state index contributed by atoms with van der Waals surface area (Å²) in [5, 5.41) is 0. The van der Waals surface area contributed by atoms with Crippen LogP contribution in [0.1, 0.15) is 44.4 Å². The summed E-state index contributed by atoms with van der Waals surface area (Å²) in [5.41, 5.74) is -0.983. The number of aromatic nitrogens is 2. The van der Waals surface area contributed by atoms with Crippen LogP contribution in [0.4, 0.5) is 4.39 Å². The molecule has 136 valence electrons. The van der Waals surface area contributed by atoms with Crippen molar-refractivity contribution in [1.82, 2.24) is 9.55 Å². The highest BCUT2D eigenvalue weighted by atomic mass is 32.1. The molecule has 0 atom stereocenters. The molecular weight excluding hydrogens is 350 g/mol. The largest absolute Gasteiger partial charge is 0.525 e. The molecule has 3 heterocycles. The van der Waals surface area contributed by atoms with E-state index in [0.29, 0.717) is 12.1 Å². The van der Waals surface area contributed by atoms with Gasteiger partial charge < -0.3 is 13.9 Å². The minimum atomic E-state index is -0.974. The van der Waals surface area contributed by atoms with Gasteiger partial charge in [0.25, 0.3) is 0 Å². The third-order valence-electron chi connectivity index (χ3n) is 4.83. The van der Waals surface area contributed by atoms with Crippen LogP contribution in [-0.2, 0) is 15.9 Å². The van der Waals surface area contributed by atoms with Crippen molar-refractivity contribution >= 4 is 24.0 Å². The summed E-state index contributed by atoms with van der Waals surface area (Å²) in [6.45, 7) is 9.96. The topological polar surface area (TPSA) is 36.3 Å². The quantitative estimate of drug-likeness (QED) is 0.595. The van der Waals surface area contributed by atoms with Gasteiger partial charge in [-0.3, -0.25) is 0 Å². The first-order valence-corrected chi connectivity index (χ1v) is 9.28. The molecule has 26 heavy (non-hydrogen) atoms. The lowest BCUT2D eigenvalue weighted by Gasteiger charge is -2.32. The summed E-state index contributed by atoms with van der Waals surface area (Å²) in [6.07, 6.45) is 5.31. The molecular formula is C19H22BFN2O2S. The molecule has 0 unspecified atom stereocenters. The maximum Gasteiger partial charge on any atom is 0.525 e. The number of hydrogen-bond donors (Lipinski definition) is 0. The van der Waals surface area contributed by atoms with Crippen LogP contribution in [0.5, 0.6) is 0 Å². The van der Waals surface area contributed by atoms with Gasteiger partial charge >= 0.3 is 7.12 Å². The lowest BCUT2D eigenvalue weighted by atomic mass is 9.84. The Bertz CT molecular complexity index is 859. The first-order valence-electron chi connectivity index (χ1n) is 8.46. The van der Waals surface area contributed by atoms with Crippen LogP contribution in [-0.4, -0.2) is 27.9 Å². The van der Waals surface area contributed by atoms with Crippen LogP contribution in [0.25, 0.3) is 5.57 Å². The van der Waals surface area contributed by atoms with Crippen LogP contribution >= 0.6 is 11.3 Å². The Morgan fingerprint density at radius 2 is 1.96 bits per heavy atom. The number of hydrogen-bond acceptors (Lipinski definition) is 4. The standard InChI is InChI=1S/C19H22BFN2O2S/c1-14(17(21)20-24-18(2,3)19(4,5)25-20)16-9-8-15(26-16)7-6-11-23-12-10-22-13-23/h8-10,12-13H,11H2,1-5H3. The summed E-state index contributed by atoms with van der Waals surface area (Å²) < 4.78 is 28.4. The van der Waals surface area contributed by atoms with Gasteiger partial charge in [-0.15, -0.1) is 11.3 Å². The highest BCUT2D eigenvalue weighted by Crippen LogP contribution is 2.40. The molecule has 0 amide bonds. The van der Waals surface area contributed by atoms with Crippen LogP contribution in [0.3, 0.4) is 0 Å². The zero-order valence-corrected chi connectivity index (χ0v) is 16.5. The number of rotatable bonds is 3. The van der Waals surface area contributed by atoms with Gasteiger partial charge in [0.2, 0.25) is 0 Å². The van der Waals surface area contributed by atoms with E-state index in [4.69, 9.17) is 9.31 Å². The molecule has 1 fully saturated rings. The van der Waals surface area contributed by atoms with E-state index in [-0.39, 0.29) is 5.73 Å². The lowest BCUT2D eigenvalue weighted by molar-refractivity contribution is 0.00578. The average molecular weight is 372 g/mol. The smallest absolute Gasteiger partial charge is 0.398 e. The molecule has 2 aromatic rings. The maximum absolute atomic E-state index is 14.9. The van der Waals surface area contributed by atoms with Crippen molar-refractivity contribution in [3.63, 3.8) is 0 Å². The van der Waals surface area contributed by atoms with Crippen molar-refractivity contribution in [3.8, 4) is 11.8 Å². The fourth-order valence-electron chi connectivity index (χ4n) is 2.45. The highest BCUT2D eigenvalue weighted by Gasteiger charge is 2.53. The van der Waals surface area contributed by atoms with E-state index in [0.717, 1.165) is 9.75 Å². The van der Waals surface area contributed by atoms with Gasteiger partial charge in [-0.05, 0) is 52.3 Å². The molecule has 1 aliphatic rings. The molecule has 0 saturated carbocycles. The van der Waals surface area contributed by atoms with E-state index in [1.807, 2.05) is 50.6 Å². The van der Waals surface area contributed by atoms with Crippen molar-refractivity contribution in [2.24, 2.45) is 0 Å². The van der Waals surface area contributed by atoms with Gasteiger partial charge in [0.05, 0.1) is 29.0 Å².